The molecular weight excluding hydrogens is 385 g/mol. The Balaban J connectivity index is 1.57. The van der Waals surface area contributed by atoms with Gasteiger partial charge in [0.05, 0.1) is 16.4 Å². The van der Waals surface area contributed by atoms with E-state index in [0.717, 1.165) is 15.3 Å². The van der Waals surface area contributed by atoms with Crippen molar-refractivity contribution in [3.8, 4) is 0 Å². The summed E-state index contributed by atoms with van der Waals surface area (Å²) < 4.78 is 21.3. The van der Waals surface area contributed by atoms with Gasteiger partial charge in [-0.1, -0.05) is 11.8 Å². The van der Waals surface area contributed by atoms with Gasteiger partial charge in [0.1, 0.15) is 5.82 Å². The van der Waals surface area contributed by atoms with Gasteiger partial charge < -0.3 is 14.7 Å². The Labute approximate surface area is 166 Å². The van der Waals surface area contributed by atoms with E-state index in [1.54, 1.807) is 18.4 Å². The van der Waals surface area contributed by atoms with Gasteiger partial charge in [-0.15, -0.1) is 11.3 Å². The predicted octanol–water partition coefficient (Wildman–Crippen LogP) is 4.20. The predicted molar refractivity (Wildman–Crippen MR) is 105 cm³/mol. The number of aliphatic hydroxyl groups is 1. The van der Waals surface area contributed by atoms with Crippen molar-refractivity contribution in [1.82, 2.24) is 0 Å². The zero-order chi connectivity index (χ0) is 19.1. The zero-order valence-electron chi connectivity index (χ0n) is 15.3. The van der Waals surface area contributed by atoms with E-state index in [1.807, 2.05) is 24.4 Å². The number of aliphatic hydroxyl groups excluding tert-OH is 1. The first-order chi connectivity index (χ1) is 12.9. The lowest BCUT2D eigenvalue weighted by molar-refractivity contribution is -0.118. The van der Waals surface area contributed by atoms with E-state index in [0.29, 0.717) is 36.5 Å². The topological polar surface area (TPSA) is 49.8 Å². The molecule has 7 heteroatoms. The smallest absolute Gasteiger partial charge is 0.227 e. The molecule has 1 amide bonds. The largest absolute Gasteiger partial charge is 0.392 e. The minimum absolute atomic E-state index is 0.0209. The molecule has 4 rings (SSSR count). The number of carbonyl (C=O) groups is 1. The quantitative estimate of drug-likeness (QED) is 0.829. The highest BCUT2D eigenvalue weighted by molar-refractivity contribution is 8.01. The number of thiophene rings is 1. The van der Waals surface area contributed by atoms with Crippen LogP contribution in [0.2, 0.25) is 0 Å². The Bertz CT molecular complexity index is 859. The molecule has 0 radical (unpaired) electrons. The van der Waals surface area contributed by atoms with Crippen LogP contribution in [0.15, 0.2) is 32.7 Å². The van der Waals surface area contributed by atoms with E-state index >= 15 is 0 Å². The molecule has 27 heavy (non-hydrogen) atoms. The van der Waals surface area contributed by atoms with Crippen LogP contribution in [0, 0.1) is 5.82 Å². The summed E-state index contributed by atoms with van der Waals surface area (Å²) in [5.74, 6) is -0.338. The van der Waals surface area contributed by atoms with Crippen molar-refractivity contribution in [3.63, 3.8) is 0 Å². The summed E-state index contributed by atoms with van der Waals surface area (Å²) in [6.07, 6.45) is 1.30. The van der Waals surface area contributed by atoms with Crippen LogP contribution in [0.25, 0.3) is 0 Å². The summed E-state index contributed by atoms with van der Waals surface area (Å²) in [6.45, 7) is 2.57. The maximum atomic E-state index is 14.6. The first kappa shape index (κ1) is 18.9. The summed E-state index contributed by atoms with van der Waals surface area (Å²) in [5.41, 5.74) is 2.71. The van der Waals surface area contributed by atoms with Gasteiger partial charge in [0, 0.05) is 36.6 Å². The molecule has 1 aromatic heterocycles. The van der Waals surface area contributed by atoms with Gasteiger partial charge in [-0.3, -0.25) is 4.79 Å². The third kappa shape index (κ3) is 3.66. The summed E-state index contributed by atoms with van der Waals surface area (Å²) in [4.78, 5) is 13.9. The lowest BCUT2D eigenvalue weighted by Crippen LogP contribution is -2.35. The van der Waals surface area contributed by atoms with Gasteiger partial charge in [0.25, 0.3) is 0 Å². The van der Waals surface area contributed by atoms with Crippen molar-refractivity contribution < 1.29 is 19.0 Å². The average molecular weight is 408 g/mol. The summed E-state index contributed by atoms with van der Waals surface area (Å²) in [7, 11) is 1.69. The van der Waals surface area contributed by atoms with E-state index < -0.39 is 6.10 Å². The molecule has 4 nitrogen and oxygen atoms in total. The van der Waals surface area contributed by atoms with Crippen LogP contribution in [-0.4, -0.2) is 36.9 Å². The number of ether oxygens (including phenoxy) is 1. The summed E-state index contributed by atoms with van der Waals surface area (Å²) >= 11 is 2.95. The molecular formula is C20H22FNO3S2. The SMILES string of the molecule is CC1OCCC(O)C1c1csc(Sc2cc3c(cc2F)N(C)C(=O)CC3)c1. The Morgan fingerprint density at radius 1 is 1.33 bits per heavy atom. The fourth-order valence-electron chi connectivity index (χ4n) is 3.85. The standard InChI is InChI=1S/C20H22FNO3S2/c1-11-20(16(23)5-6-25-11)13-8-19(26-10-13)27-17-7-12-3-4-18(24)22(2)15(12)9-14(17)21/h7-11,16,20,23H,3-6H2,1-2H3. The number of amides is 1. The molecule has 144 valence electrons. The van der Waals surface area contributed by atoms with Crippen molar-refractivity contribution in [2.75, 3.05) is 18.6 Å². The highest BCUT2D eigenvalue weighted by atomic mass is 32.2. The first-order valence-electron chi connectivity index (χ1n) is 9.09. The van der Waals surface area contributed by atoms with Crippen molar-refractivity contribution in [3.05, 3.63) is 40.5 Å². The van der Waals surface area contributed by atoms with E-state index in [4.69, 9.17) is 4.74 Å². The van der Waals surface area contributed by atoms with Crippen molar-refractivity contribution in [2.45, 2.75) is 53.4 Å². The van der Waals surface area contributed by atoms with Crippen LogP contribution in [0.4, 0.5) is 10.1 Å². The molecule has 1 saturated heterocycles. The van der Waals surface area contributed by atoms with Gasteiger partial charge >= 0.3 is 0 Å². The maximum Gasteiger partial charge on any atom is 0.227 e. The Hall–Kier alpha value is -1.41. The molecule has 3 atom stereocenters. The average Bonchev–Trinajstić information content (AvgIpc) is 3.08. The highest BCUT2D eigenvalue weighted by Gasteiger charge is 2.32. The Morgan fingerprint density at radius 2 is 2.15 bits per heavy atom. The Morgan fingerprint density at radius 3 is 2.93 bits per heavy atom. The minimum atomic E-state index is -0.408. The molecule has 2 aromatic rings. The molecule has 2 aliphatic heterocycles. The number of aryl methyl sites for hydroxylation is 1. The molecule has 3 unspecified atom stereocenters. The van der Waals surface area contributed by atoms with Crippen molar-refractivity contribution in [1.29, 1.82) is 0 Å². The minimum Gasteiger partial charge on any atom is -0.392 e. The molecule has 1 fully saturated rings. The fraction of sp³-hybridized carbons (Fsp3) is 0.450. The van der Waals surface area contributed by atoms with Gasteiger partial charge in [-0.2, -0.15) is 0 Å². The van der Waals surface area contributed by atoms with Gasteiger partial charge in [0.2, 0.25) is 5.91 Å². The normalized spacial score (nSPS) is 25.6. The van der Waals surface area contributed by atoms with Gasteiger partial charge in [-0.05, 0) is 54.5 Å². The van der Waals surface area contributed by atoms with Gasteiger partial charge in [0.15, 0.2) is 0 Å². The van der Waals surface area contributed by atoms with Crippen LogP contribution in [0.1, 0.15) is 36.8 Å². The molecule has 1 N–H and O–H groups in total. The van der Waals surface area contributed by atoms with E-state index in [1.165, 1.54) is 22.7 Å². The second-order valence-electron chi connectivity index (χ2n) is 7.12. The van der Waals surface area contributed by atoms with Crippen LogP contribution in [0.3, 0.4) is 0 Å². The van der Waals surface area contributed by atoms with Crippen molar-refractivity contribution in [2.24, 2.45) is 0 Å². The number of rotatable bonds is 3. The van der Waals surface area contributed by atoms with Crippen LogP contribution in [-0.2, 0) is 16.0 Å². The van der Waals surface area contributed by atoms with Crippen molar-refractivity contribution >= 4 is 34.7 Å². The lowest BCUT2D eigenvalue weighted by atomic mass is 9.87. The second-order valence-corrected chi connectivity index (χ2v) is 9.38. The number of halogens is 1. The molecule has 0 spiro atoms. The second kappa shape index (κ2) is 7.54. The van der Waals surface area contributed by atoms with Gasteiger partial charge in [-0.25, -0.2) is 4.39 Å². The highest BCUT2D eigenvalue weighted by Crippen LogP contribution is 2.41. The summed E-state index contributed by atoms with van der Waals surface area (Å²) in [6, 6.07) is 5.35. The number of nitrogens with zero attached hydrogens (tertiary/aromatic N) is 1. The monoisotopic (exact) mass is 407 g/mol. The lowest BCUT2D eigenvalue weighted by Gasteiger charge is -2.33. The number of fused-ring (bicyclic) bond motifs is 1. The summed E-state index contributed by atoms with van der Waals surface area (Å²) in [5, 5.41) is 12.4. The number of benzene rings is 1. The van der Waals surface area contributed by atoms with E-state index in [9.17, 15) is 14.3 Å². The number of carbonyl (C=O) groups excluding carboxylic acids is 1. The molecule has 3 heterocycles. The molecule has 1 aromatic carbocycles. The molecule has 0 aliphatic carbocycles. The third-order valence-corrected chi connectivity index (χ3v) is 7.51. The molecule has 0 bridgehead atoms. The third-order valence-electron chi connectivity index (χ3n) is 5.38. The fourth-order valence-corrected chi connectivity index (χ4v) is 5.91. The maximum absolute atomic E-state index is 14.6. The number of anilines is 1. The number of hydrogen-bond acceptors (Lipinski definition) is 5. The number of hydrogen-bond donors (Lipinski definition) is 1. The zero-order valence-corrected chi connectivity index (χ0v) is 16.9. The first-order valence-corrected chi connectivity index (χ1v) is 10.8. The van der Waals surface area contributed by atoms with Crippen LogP contribution in [0.5, 0.6) is 0 Å². The molecule has 0 saturated carbocycles. The van der Waals surface area contributed by atoms with E-state index in [-0.39, 0.29) is 23.7 Å². The van der Waals surface area contributed by atoms with Crippen LogP contribution < -0.4 is 4.90 Å². The Kier molecular flexibility index (Phi) is 5.29. The van der Waals surface area contributed by atoms with E-state index in [2.05, 4.69) is 0 Å². The molecule has 2 aliphatic rings. The van der Waals surface area contributed by atoms with Crippen LogP contribution >= 0.6 is 23.1 Å².